The van der Waals surface area contributed by atoms with Crippen molar-refractivity contribution in [2.75, 3.05) is 13.2 Å². The van der Waals surface area contributed by atoms with Gasteiger partial charge in [0.05, 0.1) is 12.2 Å². The SMILES string of the molecule is Cc1ccc(S(=O)(=O)Oc2cc(C(=O)O)cc(OCCO)c2OCc2ccccc2)cc1. The zero-order valence-electron chi connectivity index (χ0n) is 17.2. The number of ether oxygens (including phenoxy) is 2. The molecule has 0 saturated heterocycles. The van der Waals surface area contributed by atoms with Crippen LogP contribution < -0.4 is 13.7 Å². The van der Waals surface area contributed by atoms with E-state index in [-0.39, 0.29) is 47.5 Å². The minimum atomic E-state index is -4.29. The maximum absolute atomic E-state index is 12.8. The van der Waals surface area contributed by atoms with Crippen molar-refractivity contribution in [1.82, 2.24) is 0 Å². The fraction of sp³-hybridized carbons (Fsp3) is 0.174. The molecule has 168 valence electrons. The normalized spacial score (nSPS) is 11.1. The topological polar surface area (TPSA) is 119 Å². The van der Waals surface area contributed by atoms with E-state index >= 15 is 0 Å². The van der Waals surface area contributed by atoms with Gasteiger partial charge in [0, 0.05) is 6.07 Å². The zero-order valence-corrected chi connectivity index (χ0v) is 18.0. The Bertz CT molecular complexity index is 1170. The second kappa shape index (κ2) is 10.2. The van der Waals surface area contributed by atoms with Crippen LogP contribution in [0, 0.1) is 6.92 Å². The van der Waals surface area contributed by atoms with Crippen molar-refractivity contribution in [3.05, 3.63) is 83.4 Å². The Hall–Kier alpha value is -3.56. The van der Waals surface area contributed by atoms with Gasteiger partial charge in [0.15, 0.2) is 11.5 Å². The summed E-state index contributed by atoms with van der Waals surface area (Å²) in [6, 6.07) is 17.3. The highest BCUT2D eigenvalue weighted by molar-refractivity contribution is 7.87. The lowest BCUT2D eigenvalue weighted by Crippen LogP contribution is -2.13. The van der Waals surface area contributed by atoms with Gasteiger partial charge in [-0.3, -0.25) is 0 Å². The van der Waals surface area contributed by atoms with Crippen LogP contribution in [-0.2, 0) is 16.7 Å². The first-order chi connectivity index (χ1) is 15.3. The average molecular weight is 458 g/mol. The number of hydrogen-bond donors (Lipinski definition) is 2. The smallest absolute Gasteiger partial charge is 0.339 e. The fourth-order valence-corrected chi connectivity index (χ4v) is 3.69. The second-order valence-corrected chi connectivity index (χ2v) is 8.35. The summed E-state index contributed by atoms with van der Waals surface area (Å²) in [5.74, 6) is -1.81. The van der Waals surface area contributed by atoms with E-state index < -0.39 is 16.1 Å². The van der Waals surface area contributed by atoms with Crippen LogP contribution in [0.4, 0.5) is 0 Å². The highest BCUT2D eigenvalue weighted by Crippen LogP contribution is 2.41. The molecular formula is C23H22O8S. The molecule has 2 N–H and O–H groups in total. The van der Waals surface area contributed by atoms with Gasteiger partial charge < -0.3 is 23.9 Å². The molecule has 9 heteroatoms. The monoisotopic (exact) mass is 458 g/mol. The van der Waals surface area contributed by atoms with E-state index in [1.54, 1.807) is 12.1 Å². The number of carboxylic acid groups (broad SMARTS) is 1. The van der Waals surface area contributed by atoms with Gasteiger partial charge in [0.2, 0.25) is 5.75 Å². The lowest BCUT2D eigenvalue weighted by molar-refractivity contribution is 0.0695. The second-order valence-electron chi connectivity index (χ2n) is 6.80. The first kappa shape index (κ1) is 23.1. The molecule has 3 aromatic rings. The summed E-state index contributed by atoms with van der Waals surface area (Å²) in [6.07, 6.45) is 0. The Labute approximate surface area is 185 Å². The third-order valence-electron chi connectivity index (χ3n) is 4.35. The average Bonchev–Trinajstić information content (AvgIpc) is 2.77. The predicted molar refractivity (Wildman–Crippen MR) is 116 cm³/mol. The Morgan fingerprint density at radius 3 is 2.22 bits per heavy atom. The van der Waals surface area contributed by atoms with Crippen molar-refractivity contribution in [3.63, 3.8) is 0 Å². The molecule has 3 aromatic carbocycles. The van der Waals surface area contributed by atoms with Crippen LogP contribution in [0.1, 0.15) is 21.5 Å². The first-order valence-corrected chi connectivity index (χ1v) is 11.0. The molecule has 0 fully saturated rings. The minimum Gasteiger partial charge on any atom is -0.487 e. The van der Waals surface area contributed by atoms with Gasteiger partial charge in [-0.25, -0.2) is 4.79 Å². The van der Waals surface area contributed by atoms with Crippen LogP contribution in [0.2, 0.25) is 0 Å². The Morgan fingerprint density at radius 2 is 1.59 bits per heavy atom. The van der Waals surface area contributed by atoms with Gasteiger partial charge in [-0.1, -0.05) is 48.0 Å². The number of aliphatic hydroxyl groups is 1. The van der Waals surface area contributed by atoms with Gasteiger partial charge >= 0.3 is 16.1 Å². The molecule has 0 aliphatic carbocycles. The summed E-state index contributed by atoms with van der Waals surface area (Å²) in [4.78, 5) is 11.5. The van der Waals surface area contributed by atoms with E-state index in [0.717, 1.165) is 17.2 Å². The minimum absolute atomic E-state index is 0.0453. The molecule has 0 unspecified atom stereocenters. The lowest BCUT2D eigenvalue weighted by Gasteiger charge is -2.17. The largest absolute Gasteiger partial charge is 0.487 e. The molecule has 0 radical (unpaired) electrons. The van der Waals surface area contributed by atoms with Gasteiger partial charge in [-0.15, -0.1) is 0 Å². The maximum Gasteiger partial charge on any atom is 0.339 e. The van der Waals surface area contributed by atoms with E-state index in [1.165, 1.54) is 18.2 Å². The summed E-state index contributed by atoms with van der Waals surface area (Å²) in [6.45, 7) is 1.36. The summed E-state index contributed by atoms with van der Waals surface area (Å²) in [7, 11) is -4.29. The van der Waals surface area contributed by atoms with Crippen molar-refractivity contribution in [1.29, 1.82) is 0 Å². The van der Waals surface area contributed by atoms with Crippen LogP contribution in [0.15, 0.2) is 71.6 Å². The molecule has 0 saturated carbocycles. The van der Waals surface area contributed by atoms with Crippen molar-refractivity contribution in [3.8, 4) is 17.2 Å². The van der Waals surface area contributed by atoms with Gasteiger partial charge in [-0.05, 0) is 30.7 Å². The van der Waals surface area contributed by atoms with Crippen LogP contribution in [0.25, 0.3) is 0 Å². The van der Waals surface area contributed by atoms with E-state index in [1.807, 2.05) is 37.3 Å². The van der Waals surface area contributed by atoms with Crippen LogP contribution >= 0.6 is 0 Å². The molecule has 0 spiro atoms. The quantitative estimate of drug-likeness (QED) is 0.444. The Morgan fingerprint density at radius 1 is 0.938 bits per heavy atom. The standard InChI is InChI=1S/C23H22O8S/c1-16-7-9-19(10-8-16)32(27,28)31-21-14-18(23(25)26)13-20(29-12-11-24)22(21)30-15-17-5-3-2-4-6-17/h2-10,13-14,24H,11-12,15H2,1H3,(H,25,26). The number of hydrogen-bond acceptors (Lipinski definition) is 7. The van der Waals surface area contributed by atoms with E-state index in [4.69, 9.17) is 18.8 Å². The van der Waals surface area contributed by atoms with Gasteiger partial charge in [0.1, 0.15) is 18.1 Å². The number of carbonyl (C=O) groups is 1. The maximum atomic E-state index is 12.8. The number of aryl methyl sites for hydroxylation is 1. The van der Waals surface area contributed by atoms with E-state index in [9.17, 15) is 18.3 Å². The zero-order chi connectivity index (χ0) is 23.1. The highest BCUT2D eigenvalue weighted by atomic mass is 32.2. The summed E-state index contributed by atoms with van der Waals surface area (Å²) in [5.41, 5.74) is 1.39. The van der Waals surface area contributed by atoms with E-state index in [0.29, 0.717) is 0 Å². The predicted octanol–water partition coefficient (Wildman–Crippen LogP) is 3.41. The number of carboxylic acids is 1. The number of aromatic carboxylic acids is 1. The molecule has 0 aromatic heterocycles. The lowest BCUT2D eigenvalue weighted by atomic mass is 10.2. The number of aliphatic hydroxyl groups excluding tert-OH is 1. The van der Waals surface area contributed by atoms with Crippen molar-refractivity contribution in [2.24, 2.45) is 0 Å². The van der Waals surface area contributed by atoms with Gasteiger partial charge in [0.25, 0.3) is 0 Å². The molecule has 0 heterocycles. The van der Waals surface area contributed by atoms with Crippen LogP contribution in [0.5, 0.6) is 17.2 Å². The molecule has 32 heavy (non-hydrogen) atoms. The summed E-state index contributed by atoms with van der Waals surface area (Å²) in [5, 5.41) is 18.6. The summed E-state index contributed by atoms with van der Waals surface area (Å²) >= 11 is 0. The third kappa shape index (κ3) is 5.77. The number of benzene rings is 3. The van der Waals surface area contributed by atoms with Crippen molar-refractivity contribution >= 4 is 16.1 Å². The first-order valence-electron chi connectivity index (χ1n) is 9.63. The molecule has 0 aliphatic heterocycles. The number of rotatable bonds is 10. The Kier molecular flexibility index (Phi) is 7.34. The van der Waals surface area contributed by atoms with Crippen molar-refractivity contribution < 1.29 is 37.1 Å². The van der Waals surface area contributed by atoms with Crippen LogP contribution in [-0.4, -0.2) is 37.8 Å². The fourth-order valence-electron chi connectivity index (χ4n) is 2.77. The molecule has 8 nitrogen and oxygen atoms in total. The van der Waals surface area contributed by atoms with Crippen molar-refractivity contribution in [2.45, 2.75) is 18.4 Å². The molecule has 3 rings (SSSR count). The third-order valence-corrected chi connectivity index (χ3v) is 5.60. The summed E-state index contributed by atoms with van der Waals surface area (Å²) < 4.78 is 42.2. The van der Waals surface area contributed by atoms with Crippen LogP contribution in [0.3, 0.4) is 0 Å². The molecule has 0 aliphatic rings. The highest BCUT2D eigenvalue weighted by Gasteiger charge is 2.24. The van der Waals surface area contributed by atoms with Gasteiger partial charge in [-0.2, -0.15) is 8.42 Å². The molecular weight excluding hydrogens is 436 g/mol. The molecule has 0 amide bonds. The Balaban J connectivity index is 2.04. The molecule has 0 bridgehead atoms. The van der Waals surface area contributed by atoms with E-state index in [2.05, 4.69) is 0 Å². The molecule has 0 atom stereocenters.